The lowest BCUT2D eigenvalue weighted by molar-refractivity contribution is -0.135. The number of thiazole rings is 1. The number of allylic oxidation sites excluding steroid dienone is 2. The van der Waals surface area contributed by atoms with Crippen LogP contribution in [-0.4, -0.2) is 35.4 Å². The van der Waals surface area contributed by atoms with Gasteiger partial charge < -0.3 is 10.6 Å². The third-order valence-corrected chi connectivity index (χ3v) is 6.58. The molecule has 3 atom stereocenters. The van der Waals surface area contributed by atoms with Crippen molar-refractivity contribution in [2.75, 3.05) is 13.6 Å². The summed E-state index contributed by atoms with van der Waals surface area (Å²) in [6.07, 6.45) is 6.85. The second-order valence-electron chi connectivity index (χ2n) is 7.63. The standard InChI is InChI=1S/C21H29N3OS/c1-14(2)17(22)12-13-24(3)21(25)16-9-5-4-8-15(16)20-23-18-10-6-7-11-19(18)26-20/h4-7,10-11,14-17H,8-9,12-13,22H2,1-3H3. The second-order valence-corrected chi connectivity index (χ2v) is 8.69. The van der Waals surface area contributed by atoms with Crippen molar-refractivity contribution in [2.45, 2.75) is 45.1 Å². The van der Waals surface area contributed by atoms with Crippen LogP contribution in [-0.2, 0) is 4.79 Å². The SMILES string of the molecule is CC(C)C(N)CCN(C)C(=O)C1CC=CCC1c1nc2ccccc2s1. The molecule has 1 aromatic carbocycles. The molecule has 4 nitrogen and oxygen atoms in total. The molecule has 0 bridgehead atoms. The summed E-state index contributed by atoms with van der Waals surface area (Å²) in [5.74, 6) is 0.799. The van der Waals surface area contributed by atoms with E-state index in [1.54, 1.807) is 11.3 Å². The zero-order valence-corrected chi connectivity index (χ0v) is 16.7. The summed E-state index contributed by atoms with van der Waals surface area (Å²) in [6.45, 7) is 4.97. The average molecular weight is 372 g/mol. The average Bonchev–Trinajstić information content (AvgIpc) is 3.09. The number of rotatable bonds is 6. The van der Waals surface area contributed by atoms with Crippen LogP contribution in [0.15, 0.2) is 36.4 Å². The Labute approximate surface area is 160 Å². The highest BCUT2D eigenvalue weighted by molar-refractivity contribution is 7.18. The fourth-order valence-corrected chi connectivity index (χ4v) is 4.62. The van der Waals surface area contributed by atoms with Gasteiger partial charge in [0.25, 0.3) is 0 Å². The number of nitrogens with two attached hydrogens (primary N) is 1. The molecular formula is C21H29N3OS. The number of carbonyl (C=O) groups excluding carboxylic acids is 1. The molecule has 1 aliphatic rings. The molecule has 1 heterocycles. The molecule has 0 radical (unpaired) electrons. The lowest BCUT2D eigenvalue weighted by Crippen LogP contribution is -2.39. The number of carbonyl (C=O) groups is 1. The molecule has 1 aromatic heterocycles. The summed E-state index contributed by atoms with van der Waals surface area (Å²) in [4.78, 5) is 19.8. The summed E-state index contributed by atoms with van der Waals surface area (Å²) in [5, 5.41) is 1.08. The molecule has 3 rings (SSSR count). The molecule has 1 aliphatic carbocycles. The monoisotopic (exact) mass is 371 g/mol. The molecule has 26 heavy (non-hydrogen) atoms. The van der Waals surface area contributed by atoms with Crippen molar-refractivity contribution in [3.8, 4) is 0 Å². The van der Waals surface area contributed by atoms with Crippen molar-refractivity contribution in [1.82, 2.24) is 9.88 Å². The van der Waals surface area contributed by atoms with Crippen LogP contribution in [0.4, 0.5) is 0 Å². The van der Waals surface area contributed by atoms with Crippen LogP contribution in [0.5, 0.6) is 0 Å². The number of para-hydroxylation sites is 1. The highest BCUT2D eigenvalue weighted by Crippen LogP contribution is 2.39. The molecule has 0 saturated heterocycles. The topological polar surface area (TPSA) is 59.2 Å². The van der Waals surface area contributed by atoms with Gasteiger partial charge in [0.05, 0.1) is 21.1 Å². The Bertz CT molecular complexity index is 749. The number of nitrogens with zero attached hydrogens (tertiary/aromatic N) is 2. The summed E-state index contributed by atoms with van der Waals surface area (Å²) < 4.78 is 1.19. The van der Waals surface area contributed by atoms with E-state index in [0.717, 1.165) is 29.8 Å². The van der Waals surface area contributed by atoms with E-state index in [-0.39, 0.29) is 23.8 Å². The minimum atomic E-state index is -0.0270. The number of amides is 1. The Balaban J connectivity index is 1.74. The Morgan fingerprint density at radius 1 is 1.31 bits per heavy atom. The van der Waals surface area contributed by atoms with Gasteiger partial charge in [-0.3, -0.25) is 4.79 Å². The van der Waals surface area contributed by atoms with Crippen molar-refractivity contribution in [1.29, 1.82) is 0 Å². The summed E-state index contributed by atoms with van der Waals surface area (Å²) in [5.41, 5.74) is 7.18. The Morgan fingerprint density at radius 3 is 2.77 bits per heavy atom. The quantitative estimate of drug-likeness (QED) is 0.775. The van der Waals surface area contributed by atoms with E-state index in [0.29, 0.717) is 12.5 Å². The fourth-order valence-electron chi connectivity index (χ4n) is 3.48. The van der Waals surface area contributed by atoms with Gasteiger partial charge in [-0.05, 0) is 37.3 Å². The molecule has 0 aliphatic heterocycles. The van der Waals surface area contributed by atoms with Crippen molar-refractivity contribution in [3.63, 3.8) is 0 Å². The first-order valence-electron chi connectivity index (χ1n) is 9.48. The van der Waals surface area contributed by atoms with E-state index in [4.69, 9.17) is 10.7 Å². The predicted molar refractivity (Wildman–Crippen MR) is 109 cm³/mol. The number of benzene rings is 1. The van der Waals surface area contributed by atoms with Gasteiger partial charge in [0, 0.05) is 25.6 Å². The van der Waals surface area contributed by atoms with Crippen molar-refractivity contribution >= 4 is 27.5 Å². The molecule has 0 saturated carbocycles. The minimum Gasteiger partial charge on any atom is -0.345 e. The maximum absolute atomic E-state index is 13.1. The molecule has 3 unspecified atom stereocenters. The molecule has 5 heteroatoms. The van der Waals surface area contributed by atoms with Gasteiger partial charge in [0.1, 0.15) is 0 Å². The van der Waals surface area contributed by atoms with Crippen LogP contribution in [0.2, 0.25) is 0 Å². The number of aromatic nitrogens is 1. The summed E-state index contributed by atoms with van der Waals surface area (Å²) in [7, 11) is 1.91. The highest BCUT2D eigenvalue weighted by atomic mass is 32.1. The maximum atomic E-state index is 13.1. The lowest BCUT2D eigenvalue weighted by atomic mass is 9.82. The third kappa shape index (κ3) is 4.15. The van der Waals surface area contributed by atoms with Crippen LogP contribution < -0.4 is 5.73 Å². The zero-order valence-electron chi connectivity index (χ0n) is 15.9. The van der Waals surface area contributed by atoms with Gasteiger partial charge >= 0.3 is 0 Å². The van der Waals surface area contributed by atoms with E-state index in [9.17, 15) is 4.79 Å². The van der Waals surface area contributed by atoms with Crippen molar-refractivity contribution in [2.24, 2.45) is 17.6 Å². The molecule has 140 valence electrons. The number of fused-ring (bicyclic) bond motifs is 1. The molecule has 0 fully saturated rings. The van der Waals surface area contributed by atoms with Crippen LogP contribution in [0, 0.1) is 11.8 Å². The number of hydrogen-bond acceptors (Lipinski definition) is 4. The molecule has 2 aromatic rings. The minimum absolute atomic E-state index is 0.0270. The van der Waals surface area contributed by atoms with Gasteiger partial charge in [0.15, 0.2) is 0 Å². The number of hydrogen-bond donors (Lipinski definition) is 1. The van der Waals surface area contributed by atoms with Gasteiger partial charge in [-0.1, -0.05) is 38.1 Å². The Kier molecular flexibility index (Phi) is 6.09. The second kappa shape index (κ2) is 8.31. The highest BCUT2D eigenvalue weighted by Gasteiger charge is 2.34. The van der Waals surface area contributed by atoms with E-state index in [2.05, 4.69) is 32.1 Å². The maximum Gasteiger partial charge on any atom is 0.226 e. The largest absolute Gasteiger partial charge is 0.345 e. The predicted octanol–water partition coefficient (Wildman–Crippen LogP) is 4.18. The first-order valence-corrected chi connectivity index (χ1v) is 10.3. The van der Waals surface area contributed by atoms with Crippen LogP contribution >= 0.6 is 11.3 Å². The van der Waals surface area contributed by atoms with Crippen molar-refractivity contribution in [3.05, 3.63) is 41.4 Å². The van der Waals surface area contributed by atoms with Crippen LogP contribution in [0.1, 0.15) is 44.0 Å². The van der Waals surface area contributed by atoms with Gasteiger partial charge in [-0.25, -0.2) is 4.98 Å². The van der Waals surface area contributed by atoms with Crippen LogP contribution in [0.25, 0.3) is 10.2 Å². The summed E-state index contributed by atoms with van der Waals surface area (Å²) in [6, 6.07) is 8.34. The zero-order chi connectivity index (χ0) is 18.7. The third-order valence-electron chi connectivity index (χ3n) is 5.41. The Morgan fingerprint density at radius 2 is 2.04 bits per heavy atom. The van der Waals surface area contributed by atoms with Crippen LogP contribution in [0.3, 0.4) is 0 Å². The van der Waals surface area contributed by atoms with E-state index in [1.807, 2.05) is 30.1 Å². The van der Waals surface area contributed by atoms with Gasteiger partial charge in [-0.2, -0.15) is 0 Å². The van der Waals surface area contributed by atoms with Crippen molar-refractivity contribution < 1.29 is 4.79 Å². The summed E-state index contributed by atoms with van der Waals surface area (Å²) >= 11 is 1.72. The normalized spacial score (nSPS) is 21.3. The fraction of sp³-hybridized carbons (Fsp3) is 0.524. The molecule has 0 spiro atoms. The van der Waals surface area contributed by atoms with E-state index in [1.165, 1.54) is 4.70 Å². The van der Waals surface area contributed by atoms with Gasteiger partial charge in [0.2, 0.25) is 5.91 Å². The van der Waals surface area contributed by atoms with E-state index >= 15 is 0 Å². The van der Waals surface area contributed by atoms with Gasteiger partial charge in [-0.15, -0.1) is 11.3 Å². The lowest BCUT2D eigenvalue weighted by Gasteiger charge is -2.30. The first-order chi connectivity index (χ1) is 12.5. The smallest absolute Gasteiger partial charge is 0.226 e. The molecule has 1 amide bonds. The molecular weight excluding hydrogens is 342 g/mol. The first kappa shape index (κ1) is 19.1. The Hall–Kier alpha value is -1.72. The van der Waals surface area contributed by atoms with E-state index < -0.39 is 0 Å². The molecule has 2 N–H and O–H groups in total.